The third-order valence-corrected chi connectivity index (χ3v) is 7.75. The highest BCUT2D eigenvalue weighted by molar-refractivity contribution is 5.97. The number of fused-ring (bicyclic) bond motifs is 1. The summed E-state index contributed by atoms with van der Waals surface area (Å²) in [5.74, 6) is -6.46. The van der Waals surface area contributed by atoms with Crippen LogP contribution in [-0.2, 0) is 9.53 Å². The lowest BCUT2D eigenvalue weighted by Gasteiger charge is -2.33. The van der Waals surface area contributed by atoms with Crippen LogP contribution in [0.2, 0.25) is 0 Å². The molecular formula is C31H26F4N4O4. The molecule has 0 bridgehead atoms. The van der Waals surface area contributed by atoms with Crippen LogP contribution in [0.4, 0.5) is 23.2 Å². The van der Waals surface area contributed by atoms with Gasteiger partial charge in [-0.3, -0.25) is 4.79 Å². The van der Waals surface area contributed by atoms with Crippen LogP contribution in [0, 0.1) is 40.5 Å². The maximum absolute atomic E-state index is 15.1. The number of halogens is 4. The van der Waals surface area contributed by atoms with Gasteiger partial charge in [-0.15, -0.1) is 0 Å². The van der Waals surface area contributed by atoms with Crippen molar-refractivity contribution < 1.29 is 37.0 Å². The molecule has 1 saturated carbocycles. The number of carboxylic acid groups (broad SMARTS) is 1. The van der Waals surface area contributed by atoms with Crippen LogP contribution in [0.3, 0.4) is 0 Å². The smallest absolute Gasteiger partial charge is 0.335 e. The number of carboxylic acids is 1. The third-order valence-electron chi connectivity index (χ3n) is 7.75. The normalized spacial score (nSPS) is 15.2. The second kappa shape index (κ2) is 12.2. The van der Waals surface area contributed by atoms with E-state index in [0.29, 0.717) is 24.5 Å². The minimum Gasteiger partial charge on any atom is -0.478 e. The number of rotatable bonds is 8. The SMILES string of the molecule is COC(c1ccc(F)cc1)c1nc2cc(F)c(F)cc2n1C(C(=O)Nc1c(F)cc(C(=O)O)cc1C#N)C1CCCCC1. The van der Waals surface area contributed by atoms with Crippen molar-refractivity contribution in [2.45, 2.75) is 44.2 Å². The fraction of sp³-hybridized carbons (Fsp3) is 0.290. The van der Waals surface area contributed by atoms with Gasteiger partial charge < -0.3 is 19.7 Å². The molecular weight excluding hydrogens is 568 g/mol. The van der Waals surface area contributed by atoms with Crippen LogP contribution < -0.4 is 5.32 Å². The summed E-state index contributed by atoms with van der Waals surface area (Å²) in [6, 6.07) is 9.37. The van der Waals surface area contributed by atoms with E-state index >= 15 is 4.39 Å². The first-order chi connectivity index (χ1) is 20.6. The summed E-state index contributed by atoms with van der Waals surface area (Å²) in [4.78, 5) is 30.1. The van der Waals surface area contributed by atoms with Gasteiger partial charge in [-0.1, -0.05) is 31.4 Å². The highest BCUT2D eigenvalue weighted by atomic mass is 19.2. The lowest BCUT2D eigenvalue weighted by molar-refractivity contribution is -0.121. The fourth-order valence-corrected chi connectivity index (χ4v) is 5.75. The number of aromatic carboxylic acids is 1. The largest absolute Gasteiger partial charge is 0.478 e. The molecule has 0 saturated heterocycles. The van der Waals surface area contributed by atoms with Gasteiger partial charge in [-0.25, -0.2) is 27.3 Å². The van der Waals surface area contributed by atoms with Gasteiger partial charge in [0.2, 0.25) is 5.91 Å². The summed E-state index contributed by atoms with van der Waals surface area (Å²) >= 11 is 0. The summed E-state index contributed by atoms with van der Waals surface area (Å²) < 4.78 is 65.1. The first kappa shape index (κ1) is 29.7. The highest BCUT2D eigenvalue weighted by Crippen LogP contribution is 2.40. The van der Waals surface area contributed by atoms with Crippen molar-refractivity contribution >= 4 is 28.6 Å². The van der Waals surface area contributed by atoms with Gasteiger partial charge in [0.25, 0.3) is 0 Å². The molecule has 1 fully saturated rings. The molecule has 222 valence electrons. The average molecular weight is 595 g/mol. The molecule has 1 aliphatic rings. The molecule has 0 aliphatic heterocycles. The first-order valence-electron chi connectivity index (χ1n) is 13.6. The van der Waals surface area contributed by atoms with E-state index in [4.69, 9.17) is 4.74 Å². The van der Waals surface area contributed by atoms with Crippen molar-refractivity contribution in [3.8, 4) is 6.07 Å². The Morgan fingerprint density at radius 2 is 1.70 bits per heavy atom. The van der Waals surface area contributed by atoms with Gasteiger partial charge in [0.05, 0.1) is 27.8 Å². The number of methoxy groups -OCH3 is 1. The minimum atomic E-state index is -1.46. The van der Waals surface area contributed by atoms with Gasteiger partial charge in [0.15, 0.2) is 11.6 Å². The molecule has 2 unspecified atom stereocenters. The Bertz CT molecular complexity index is 1740. The zero-order chi connectivity index (χ0) is 30.8. The van der Waals surface area contributed by atoms with E-state index in [9.17, 15) is 33.1 Å². The topological polar surface area (TPSA) is 117 Å². The van der Waals surface area contributed by atoms with Crippen molar-refractivity contribution in [1.29, 1.82) is 5.26 Å². The number of nitrogens with zero attached hydrogens (tertiary/aromatic N) is 3. The maximum atomic E-state index is 15.1. The Balaban J connectivity index is 1.71. The van der Waals surface area contributed by atoms with E-state index in [1.54, 1.807) is 6.07 Å². The summed E-state index contributed by atoms with van der Waals surface area (Å²) in [6.45, 7) is 0. The summed E-state index contributed by atoms with van der Waals surface area (Å²) in [5.41, 5.74) is -0.835. The molecule has 0 radical (unpaired) electrons. The Labute approximate surface area is 243 Å². The second-order valence-electron chi connectivity index (χ2n) is 10.4. The van der Waals surface area contributed by atoms with E-state index in [1.165, 1.54) is 35.9 Å². The average Bonchev–Trinajstić information content (AvgIpc) is 3.33. The molecule has 1 amide bonds. The summed E-state index contributed by atoms with van der Waals surface area (Å²) in [6.07, 6.45) is 2.61. The zero-order valence-electron chi connectivity index (χ0n) is 22.9. The minimum absolute atomic E-state index is 0.0291. The van der Waals surface area contributed by atoms with E-state index in [-0.39, 0.29) is 22.8 Å². The molecule has 5 rings (SSSR count). The van der Waals surface area contributed by atoms with Crippen LogP contribution in [0.1, 0.15) is 71.6 Å². The number of nitriles is 1. The summed E-state index contributed by atoms with van der Waals surface area (Å²) in [7, 11) is 1.37. The molecule has 1 heterocycles. The number of carbonyl (C=O) groups is 2. The molecule has 2 atom stereocenters. The van der Waals surface area contributed by atoms with Crippen molar-refractivity contribution in [1.82, 2.24) is 9.55 Å². The van der Waals surface area contributed by atoms with E-state index in [0.717, 1.165) is 37.5 Å². The second-order valence-corrected chi connectivity index (χ2v) is 10.4. The number of anilines is 1. The first-order valence-corrected chi connectivity index (χ1v) is 13.6. The molecule has 2 N–H and O–H groups in total. The zero-order valence-corrected chi connectivity index (χ0v) is 22.9. The van der Waals surface area contributed by atoms with E-state index < -0.39 is 64.1 Å². The Morgan fingerprint density at radius 1 is 1.02 bits per heavy atom. The third kappa shape index (κ3) is 5.81. The van der Waals surface area contributed by atoms with Crippen molar-refractivity contribution in [3.05, 3.63) is 94.3 Å². The van der Waals surface area contributed by atoms with Crippen LogP contribution in [0.25, 0.3) is 11.0 Å². The van der Waals surface area contributed by atoms with E-state index in [1.807, 2.05) is 0 Å². The Hall–Kier alpha value is -4.76. The standard InChI is InChI=1S/C31H26F4N4O4/c1-43-28(17-7-9-20(32)10-8-17)29-37-24-13-21(33)22(34)14-25(24)39(29)27(16-5-3-2-4-6-16)30(40)38-26-19(15-36)11-18(31(41)42)12-23(26)35/h7-14,16,27-28H,2-6H2,1H3,(H,38,40)(H,41,42). The van der Waals surface area contributed by atoms with Gasteiger partial charge in [-0.2, -0.15) is 5.26 Å². The number of hydrogen-bond donors (Lipinski definition) is 2. The predicted molar refractivity (Wildman–Crippen MR) is 147 cm³/mol. The van der Waals surface area contributed by atoms with Gasteiger partial charge in [-0.05, 0) is 48.6 Å². The molecule has 4 aromatic rings. The van der Waals surface area contributed by atoms with E-state index in [2.05, 4.69) is 10.3 Å². The molecule has 1 aromatic heterocycles. The Kier molecular flexibility index (Phi) is 8.45. The molecule has 3 aromatic carbocycles. The number of amides is 1. The lowest BCUT2D eigenvalue weighted by Crippen LogP contribution is -2.35. The monoisotopic (exact) mass is 594 g/mol. The lowest BCUT2D eigenvalue weighted by atomic mass is 9.83. The van der Waals surface area contributed by atoms with Crippen LogP contribution in [0.5, 0.6) is 0 Å². The fourth-order valence-electron chi connectivity index (χ4n) is 5.75. The molecule has 1 aliphatic carbocycles. The quantitative estimate of drug-likeness (QED) is 0.221. The number of hydrogen-bond acceptors (Lipinski definition) is 5. The predicted octanol–water partition coefficient (Wildman–Crippen LogP) is 6.66. The highest BCUT2D eigenvalue weighted by Gasteiger charge is 2.37. The van der Waals surface area contributed by atoms with Crippen LogP contribution >= 0.6 is 0 Å². The van der Waals surface area contributed by atoms with Crippen molar-refractivity contribution in [2.24, 2.45) is 5.92 Å². The van der Waals surface area contributed by atoms with Gasteiger partial charge in [0, 0.05) is 19.2 Å². The number of aromatic nitrogens is 2. The van der Waals surface area contributed by atoms with Crippen molar-refractivity contribution in [3.63, 3.8) is 0 Å². The number of ether oxygens (including phenoxy) is 1. The van der Waals surface area contributed by atoms with Crippen LogP contribution in [-0.4, -0.2) is 33.6 Å². The van der Waals surface area contributed by atoms with Gasteiger partial charge >= 0.3 is 5.97 Å². The summed E-state index contributed by atoms with van der Waals surface area (Å²) in [5, 5.41) is 21.4. The Morgan fingerprint density at radius 3 is 2.33 bits per heavy atom. The molecule has 12 heteroatoms. The molecule has 8 nitrogen and oxygen atoms in total. The number of benzene rings is 3. The molecule has 0 spiro atoms. The van der Waals surface area contributed by atoms with Gasteiger partial charge in [0.1, 0.15) is 35.7 Å². The number of carbonyl (C=O) groups excluding carboxylic acids is 1. The van der Waals surface area contributed by atoms with Crippen LogP contribution in [0.15, 0.2) is 48.5 Å². The maximum Gasteiger partial charge on any atom is 0.335 e. The molecule has 43 heavy (non-hydrogen) atoms. The number of imidazole rings is 1. The van der Waals surface area contributed by atoms with Crippen molar-refractivity contribution in [2.75, 3.05) is 12.4 Å². The number of nitrogens with one attached hydrogen (secondary N) is 1.